The molecule has 0 aliphatic heterocycles. The second-order valence-electron chi connectivity index (χ2n) is 3.16. The Morgan fingerprint density at radius 3 is 2.56 bits per heavy atom. The molecule has 0 aromatic carbocycles. The van der Waals surface area contributed by atoms with E-state index in [0.29, 0.717) is 5.41 Å². The monoisotopic (exact) mass is 140 g/mol. The molecule has 1 rings (SSSR count). The van der Waals surface area contributed by atoms with Gasteiger partial charge in [0.25, 0.3) is 0 Å². The molecule has 9 heavy (non-hydrogen) atoms. The van der Waals surface area contributed by atoms with Crippen LogP contribution in [0.15, 0.2) is 23.1 Å². The Kier molecular flexibility index (Phi) is 1.71. The Balaban J connectivity index is 2.78. The smallest absolute Gasteiger partial charge is 0.000234 e. The molecule has 0 radical (unpaired) electrons. The van der Waals surface area contributed by atoms with Crippen LogP contribution in [0.25, 0.3) is 0 Å². The van der Waals surface area contributed by atoms with Crippen LogP contribution in [0.4, 0.5) is 0 Å². The summed E-state index contributed by atoms with van der Waals surface area (Å²) < 4.78 is 0. The summed E-state index contributed by atoms with van der Waals surface area (Å²) in [4.78, 5) is 1.09. The largest absolute Gasteiger partial charge is 0.144 e. The average Bonchev–Trinajstić information content (AvgIpc) is 1.60. The predicted molar refractivity (Wildman–Crippen MR) is 44.6 cm³/mol. The van der Waals surface area contributed by atoms with Crippen LogP contribution in [-0.2, 0) is 0 Å². The summed E-state index contributed by atoms with van der Waals surface area (Å²) in [5.41, 5.74) is 0.325. The Hall–Kier alpha value is -0.170. The molecular weight excluding hydrogens is 128 g/mol. The van der Waals surface area contributed by atoms with E-state index in [0.717, 1.165) is 11.3 Å². The average molecular weight is 140 g/mol. The fourth-order valence-corrected chi connectivity index (χ4v) is 1.45. The topological polar surface area (TPSA) is 0 Å². The van der Waals surface area contributed by atoms with E-state index >= 15 is 0 Å². The highest BCUT2D eigenvalue weighted by Crippen LogP contribution is 2.29. The first-order chi connectivity index (χ1) is 4.10. The SMILES string of the molecule is CC1(C)C=C(S)C=CC1. The number of rotatable bonds is 0. The van der Waals surface area contributed by atoms with Crippen LogP contribution >= 0.6 is 12.6 Å². The fourth-order valence-electron chi connectivity index (χ4n) is 0.991. The molecule has 1 aliphatic rings. The van der Waals surface area contributed by atoms with Crippen LogP contribution in [0.1, 0.15) is 20.3 Å². The van der Waals surface area contributed by atoms with Crippen molar-refractivity contribution in [2.45, 2.75) is 20.3 Å². The molecule has 0 saturated carbocycles. The summed E-state index contributed by atoms with van der Waals surface area (Å²) in [6, 6.07) is 0. The first-order valence-corrected chi connectivity index (χ1v) is 3.63. The van der Waals surface area contributed by atoms with Crippen LogP contribution < -0.4 is 0 Å². The third-order valence-corrected chi connectivity index (χ3v) is 1.75. The predicted octanol–water partition coefficient (Wildman–Crippen LogP) is 2.79. The Morgan fingerprint density at radius 2 is 2.22 bits per heavy atom. The van der Waals surface area contributed by atoms with E-state index < -0.39 is 0 Å². The van der Waals surface area contributed by atoms with Crippen molar-refractivity contribution in [1.29, 1.82) is 0 Å². The second-order valence-corrected chi connectivity index (χ2v) is 3.68. The standard InChI is InChI=1S/C8H12S/c1-8(2)5-3-4-7(9)6-8/h3-4,6,9H,5H2,1-2H3. The van der Waals surface area contributed by atoms with Gasteiger partial charge in [-0.25, -0.2) is 0 Å². The molecule has 1 heteroatoms. The molecule has 0 unspecified atom stereocenters. The molecule has 0 aromatic heterocycles. The minimum Gasteiger partial charge on any atom is -0.144 e. The van der Waals surface area contributed by atoms with Gasteiger partial charge in [0.05, 0.1) is 0 Å². The van der Waals surface area contributed by atoms with Crippen LogP contribution in [0.3, 0.4) is 0 Å². The van der Waals surface area contributed by atoms with Gasteiger partial charge in [0.2, 0.25) is 0 Å². The lowest BCUT2D eigenvalue weighted by molar-refractivity contribution is 0.483. The molecule has 0 amide bonds. The molecule has 0 saturated heterocycles. The summed E-state index contributed by atoms with van der Waals surface area (Å²) in [6.45, 7) is 4.43. The van der Waals surface area contributed by atoms with Crippen LogP contribution in [0.5, 0.6) is 0 Å². The molecule has 1 aliphatic carbocycles. The summed E-state index contributed by atoms with van der Waals surface area (Å²) in [5, 5.41) is 0. The highest BCUT2D eigenvalue weighted by atomic mass is 32.1. The van der Waals surface area contributed by atoms with Gasteiger partial charge in [-0.05, 0) is 11.8 Å². The van der Waals surface area contributed by atoms with Crippen molar-refractivity contribution in [2.24, 2.45) is 5.41 Å². The van der Waals surface area contributed by atoms with Gasteiger partial charge in [0, 0.05) is 4.91 Å². The lowest BCUT2D eigenvalue weighted by atomic mass is 9.86. The molecule has 0 nitrogen and oxygen atoms in total. The molecule has 0 spiro atoms. The molecule has 0 fully saturated rings. The van der Waals surface area contributed by atoms with E-state index in [9.17, 15) is 0 Å². The van der Waals surface area contributed by atoms with Gasteiger partial charge < -0.3 is 0 Å². The van der Waals surface area contributed by atoms with E-state index in [2.05, 4.69) is 38.6 Å². The van der Waals surface area contributed by atoms with E-state index in [1.54, 1.807) is 0 Å². The van der Waals surface area contributed by atoms with E-state index in [-0.39, 0.29) is 0 Å². The number of hydrogen-bond acceptors (Lipinski definition) is 1. The first-order valence-electron chi connectivity index (χ1n) is 3.18. The zero-order chi connectivity index (χ0) is 6.91. The fraction of sp³-hybridized carbons (Fsp3) is 0.500. The summed E-state index contributed by atoms with van der Waals surface area (Å²) >= 11 is 4.25. The van der Waals surface area contributed by atoms with Crippen LogP contribution in [0, 0.1) is 5.41 Å². The highest BCUT2D eigenvalue weighted by Gasteiger charge is 2.14. The molecule has 0 atom stereocenters. The molecule has 0 bridgehead atoms. The normalized spacial score (nSPS) is 23.7. The lowest BCUT2D eigenvalue weighted by Gasteiger charge is -2.21. The Labute approximate surface area is 62.1 Å². The third kappa shape index (κ3) is 1.90. The van der Waals surface area contributed by atoms with Crippen LogP contribution in [-0.4, -0.2) is 0 Å². The minimum atomic E-state index is 0.325. The number of thiol groups is 1. The van der Waals surface area contributed by atoms with E-state index in [1.165, 1.54) is 0 Å². The van der Waals surface area contributed by atoms with Crippen molar-refractivity contribution in [3.05, 3.63) is 23.1 Å². The summed E-state index contributed by atoms with van der Waals surface area (Å²) in [5.74, 6) is 0. The van der Waals surface area contributed by atoms with Gasteiger partial charge in [0.15, 0.2) is 0 Å². The number of hydrogen-bond donors (Lipinski definition) is 1. The lowest BCUT2D eigenvalue weighted by Crippen LogP contribution is -2.08. The van der Waals surface area contributed by atoms with Gasteiger partial charge in [-0.3, -0.25) is 0 Å². The zero-order valence-corrected chi connectivity index (χ0v) is 6.78. The summed E-state index contributed by atoms with van der Waals surface area (Å²) in [7, 11) is 0. The van der Waals surface area contributed by atoms with Gasteiger partial charge in [-0.2, -0.15) is 0 Å². The first kappa shape index (κ1) is 6.94. The van der Waals surface area contributed by atoms with Crippen molar-refractivity contribution in [2.75, 3.05) is 0 Å². The van der Waals surface area contributed by atoms with Crippen molar-refractivity contribution in [1.82, 2.24) is 0 Å². The summed E-state index contributed by atoms with van der Waals surface area (Å²) in [6.07, 6.45) is 7.55. The molecular formula is C8H12S. The maximum Gasteiger partial charge on any atom is 0.000234 e. The van der Waals surface area contributed by atoms with Gasteiger partial charge in [0.1, 0.15) is 0 Å². The maximum absolute atomic E-state index is 4.25. The van der Waals surface area contributed by atoms with Crippen LogP contribution in [0.2, 0.25) is 0 Å². The molecule has 0 N–H and O–H groups in total. The van der Waals surface area contributed by atoms with Crippen molar-refractivity contribution in [3.8, 4) is 0 Å². The highest BCUT2D eigenvalue weighted by molar-refractivity contribution is 7.84. The molecule has 0 heterocycles. The Morgan fingerprint density at radius 1 is 1.56 bits per heavy atom. The van der Waals surface area contributed by atoms with Gasteiger partial charge >= 0.3 is 0 Å². The van der Waals surface area contributed by atoms with Gasteiger partial charge in [-0.1, -0.05) is 32.1 Å². The van der Waals surface area contributed by atoms with Crippen molar-refractivity contribution < 1.29 is 0 Å². The second kappa shape index (κ2) is 2.22. The quantitative estimate of drug-likeness (QED) is 0.491. The maximum atomic E-state index is 4.25. The molecule has 0 aromatic rings. The third-order valence-electron chi connectivity index (χ3n) is 1.47. The van der Waals surface area contributed by atoms with E-state index in [1.807, 2.05) is 6.08 Å². The van der Waals surface area contributed by atoms with Crippen molar-refractivity contribution >= 4 is 12.6 Å². The van der Waals surface area contributed by atoms with Crippen molar-refractivity contribution in [3.63, 3.8) is 0 Å². The van der Waals surface area contributed by atoms with E-state index in [4.69, 9.17) is 0 Å². The van der Waals surface area contributed by atoms with Gasteiger partial charge in [-0.15, -0.1) is 12.6 Å². The molecule has 50 valence electrons. The zero-order valence-electron chi connectivity index (χ0n) is 5.89. The Bertz CT molecular complexity index is 163. The minimum absolute atomic E-state index is 0.325. The number of allylic oxidation sites excluding steroid dienone is 3.